The Morgan fingerprint density at radius 3 is 2.00 bits per heavy atom. The van der Waals surface area contributed by atoms with Crippen molar-refractivity contribution in [3.8, 4) is 0 Å². The number of esters is 1. The molecule has 0 heterocycles. The molecule has 0 aromatic carbocycles. The van der Waals surface area contributed by atoms with Crippen LogP contribution in [0.2, 0.25) is 0 Å². The lowest BCUT2D eigenvalue weighted by molar-refractivity contribution is -0.147. The number of aliphatic hydroxyl groups excluding tert-OH is 1. The quantitative estimate of drug-likeness (QED) is 0.0353. The molecule has 0 aromatic rings. The van der Waals surface area contributed by atoms with Crippen LogP contribution < -0.4 is 5.32 Å². The first kappa shape index (κ1) is 40.0. The van der Waals surface area contributed by atoms with Gasteiger partial charge in [0.05, 0.1) is 13.2 Å². The molecule has 3 atom stereocenters. The summed E-state index contributed by atoms with van der Waals surface area (Å²) in [6.45, 7) is 2.31. The second-order valence-electron chi connectivity index (χ2n) is 10.3. The van der Waals surface area contributed by atoms with Crippen LogP contribution in [0, 0.1) is 0 Å². The van der Waals surface area contributed by atoms with E-state index < -0.39 is 57.6 Å². The predicted molar refractivity (Wildman–Crippen MR) is 162 cm³/mol. The van der Waals surface area contributed by atoms with Crippen molar-refractivity contribution in [2.24, 2.45) is 0 Å². The predicted octanol–water partition coefficient (Wildman–Crippen LogP) is 5.99. The van der Waals surface area contributed by atoms with E-state index in [-0.39, 0.29) is 12.8 Å². The van der Waals surface area contributed by atoms with Crippen molar-refractivity contribution in [1.82, 2.24) is 5.32 Å². The minimum atomic E-state index is -4.73. The topological polar surface area (TPSA) is 169 Å². The number of carbonyl (C=O) groups is 3. The molecule has 0 radical (unpaired) electrons. The summed E-state index contributed by atoms with van der Waals surface area (Å²) in [4.78, 5) is 44.9. The van der Waals surface area contributed by atoms with Crippen molar-refractivity contribution in [3.05, 3.63) is 24.3 Å². The Morgan fingerprint density at radius 1 is 0.762 bits per heavy atom. The Kier molecular flexibility index (Phi) is 25.3. The van der Waals surface area contributed by atoms with Gasteiger partial charge in [-0.05, 0) is 38.5 Å². The van der Waals surface area contributed by atoms with Crippen molar-refractivity contribution < 1.29 is 47.8 Å². The third kappa shape index (κ3) is 25.7. The van der Waals surface area contributed by atoms with Gasteiger partial charge < -0.3 is 25.2 Å². The maximum atomic E-state index is 12.1. The van der Waals surface area contributed by atoms with E-state index in [4.69, 9.17) is 4.74 Å². The molecule has 0 rings (SSSR count). The highest BCUT2D eigenvalue weighted by Crippen LogP contribution is 2.43. The van der Waals surface area contributed by atoms with E-state index in [0.29, 0.717) is 12.8 Å². The molecule has 0 saturated heterocycles. The second kappa shape index (κ2) is 26.6. The van der Waals surface area contributed by atoms with Gasteiger partial charge in [0.25, 0.3) is 0 Å². The number of rotatable bonds is 28. The van der Waals surface area contributed by atoms with Gasteiger partial charge in [0.2, 0.25) is 5.91 Å². The lowest BCUT2D eigenvalue weighted by atomic mass is 10.1. The summed E-state index contributed by atoms with van der Waals surface area (Å²) in [5.74, 6) is -2.42. The minimum Gasteiger partial charge on any atom is -0.480 e. The summed E-state index contributed by atoms with van der Waals surface area (Å²) in [6.07, 6.45) is 21.6. The Labute approximate surface area is 251 Å². The minimum absolute atomic E-state index is 0.136. The fourth-order valence-corrected chi connectivity index (χ4v) is 4.51. The highest BCUT2D eigenvalue weighted by atomic mass is 31.2. The summed E-state index contributed by atoms with van der Waals surface area (Å²) in [7, 11) is -4.73. The average Bonchev–Trinajstić information content (AvgIpc) is 2.95. The molecule has 0 aliphatic rings. The summed E-state index contributed by atoms with van der Waals surface area (Å²) in [6, 6.07) is -1.54. The van der Waals surface area contributed by atoms with Gasteiger partial charge in [-0.3, -0.25) is 18.6 Å². The number of nitrogens with one attached hydrogen (secondary N) is 1. The molecule has 244 valence electrons. The van der Waals surface area contributed by atoms with Gasteiger partial charge in [-0.2, -0.15) is 0 Å². The number of carbonyl (C=O) groups excluding carboxylic acids is 2. The zero-order valence-corrected chi connectivity index (χ0v) is 26.4. The van der Waals surface area contributed by atoms with Gasteiger partial charge in [-0.25, -0.2) is 9.36 Å². The van der Waals surface area contributed by atoms with Crippen molar-refractivity contribution in [1.29, 1.82) is 0 Å². The Hall–Kier alpha value is -2.04. The molecule has 0 saturated carbocycles. The first-order valence-electron chi connectivity index (χ1n) is 15.4. The number of phosphoric acid groups is 1. The van der Waals surface area contributed by atoms with Crippen LogP contribution in [0.1, 0.15) is 117 Å². The first-order chi connectivity index (χ1) is 20.1. The van der Waals surface area contributed by atoms with Crippen LogP contribution in [-0.4, -0.2) is 64.9 Å². The number of hydrogen-bond donors (Lipinski definition) is 4. The molecule has 0 aliphatic heterocycles. The lowest BCUT2D eigenvalue weighted by Gasteiger charge is -2.18. The number of aliphatic carboxylic acids is 1. The molecule has 4 N–H and O–H groups in total. The Bertz CT molecular complexity index is 833. The molecule has 0 fully saturated rings. The van der Waals surface area contributed by atoms with Crippen LogP contribution in [-0.2, 0) is 32.7 Å². The largest absolute Gasteiger partial charge is 0.480 e. The molecule has 1 amide bonds. The van der Waals surface area contributed by atoms with Gasteiger partial charge in [0, 0.05) is 12.8 Å². The molecule has 0 aliphatic carbocycles. The van der Waals surface area contributed by atoms with Crippen LogP contribution in [0.15, 0.2) is 24.3 Å². The van der Waals surface area contributed by atoms with Crippen LogP contribution in [0.25, 0.3) is 0 Å². The standard InChI is InChI=1S/C30H54NO10P/c1-3-5-7-9-10-11-12-13-14-15-16-17-18-20-22-29(34)39-23-26(32)24-40-42(37,38)41-25-27(30(35)36)31-28(33)21-19-8-6-4-2/h9-10,12-13,26-27,32H,3-8,11,14-25H2,1-2H3,(H,31,33)(H,35,36)(H,37,38)/b10-9-,13-12-. The summed E-state index contributed by atoms with van der Waals surface area (Å²) < 4.78 is 26.4. The van der Waals surface area contributed by atoms with Crippen molar-refractivity contribution in [2.45, 2.75) is 129 Å². The number of allylic oxidation sites excluding steroid dienone is 4. The highest BCUT2D eigenvalue weighted by molar-refractivity contribution is 7.47. The zero-order chi connectivity index (χ0) is 31.5. The average molecular weight is 620 g/mol. The SMILES string of the molecule is CCCC/C=C\C/C=C\CCCCCCCC(=O)OCC(O)COP(=O)(O)OCC(NC(=O)CCCCCC)C(=O)O. The first-order valence-corrected chi connectivity index (χ1v) is 16.9. The van der Waals surface area contributed by atoms with Gasteiger partial charge in [0.1, 0.15) is 12.7 Å². The third-order valence-electron chi connectivity index (χ3n) is 6.24. The van der Waals surface area contributed by atoms with E-state index in [0.717, 1.165) is 64.2 Å². The Balaban J connectivity index is 3.98. The number of carboxylic acid groups (broad SMARTS) is 1. The maximum Gasteiger partial charge on any atom is 0.472 e. The van der Waals surface area contributed by atoms with Crippen molar-refractivity contribution >= 4 is 25.7 Å². The van der Waals surface area contributed by atoms with E-state index >= 15 is 0 Å². The number of unbranched alkanes of at least 4 members (excludes halogenated alkanes) is 10. The van der Waals surface area contributed by atoms with E-state index in [1.165, 1.54) is 12.8 Å². The second-order valence-corrected chi connectivity index (χ2v) is 11.7. The lowest BCUT2D eigenvalue weighted by Crippen LogP contribution is -2.43. The molecule has 0 spiro atoms. The van der Waals surface area contributed by atoms with Crippen LogP contribution in [0.3, 0.4) is 0 Å². The molecule has 0 aromatic heterocycles. The Morgan fingerprint density at radius 2 is 1.33 bits per heavy atom. The van der Waals surface area contributed by atoms with Crippen LogP contribution in [0.4, 0.5) is 0 Å². The monoisotopic (exact) mass is 619 g/mol. The summed E-state index contributed by atoms with van der Waals surface area (Å²) in [5, 5.41) is 21.4. The van der Waals surface area contributed by atoms with Crippen LogP contribution >= 0.6 is 7.82 Å². The molecular formula is C30H54NO10P. The molecular weight excluding hydrogens is 565 g/mol. The van der Waals surface area contributed by atoms with Gasteiger partial charge >= 0.3 is 19.8 Å². The summed E-state index contributed by atoms with van der Waals surface area (Å²) >= 11 is 0. The van der Waals surface area contributed by atoms with E-state index in [1.54, 1.807) is 0 Å². The van der Waals surface area contributed by atoms with Gasteiger partial charge in [0.15, 0.2) is 6.04 Å². The molecule has 12 heteroatoms. The number of aliphatic hydroxyl groups is 1. The normalized spacial score (nSPS) is 14.6. The van der Waals surface area contributed by atoms with Crippen LogP contribution in [0.5, 0.6) is 0 Å². The number of ether oxygens (including phenoxy) is 1. The van der Waals surface area contributed by atoms with E-state index in [9.17, 15) is 34.1 Å². The molecule has 42 heavy (non-hydrogen) atoms. The number of amides is 1. The van der Waals surface area contributed by atoms with Gasteiger partial charge in [-0.1, -0.05) is 89.5 Å². The fraction of sp³-hybridized carbons (Fsp3) is 0.767. The highest BCUT2D eigenvalue weighted by Gasteiger charge is 2.28. The third-order valence-corrected chi connectivity index (χ3v) is 7.19. The fourth-order valence-electron chi connectivity index (χ4n) is 3.74. The van der Waals surface area contributed by atoms with E-state index in [2.05, 4.69) is 45.6 Å². The van der Waals surface area contributed by atoms with Crippen molar-refractivity contribution in [3.63, 3.8) is 0 Å². The maximum absolute atomic E-state index is 12.1. The van der Waals surface area contributed by atoms with E-state index in [1.807, 2.05) is 6.92 Å². The molecule has 0 bridgehead atoms. The van der Waals surface area contributed by atoms with Gasteiger partial charge in [-0.15, -0.1) is 0 Å². The number of carboxylic acids is 1. The number of hydrogen-bond acceptors (Lipinski definition) is 8. The summed E-state index contributed by atoms with van der Waals surface area (Å²) in [5.41, 5.74) is 0. The zero-order valence-electron chi connectivity index (χ0n) is 25.5. The molecule has 11 nitrogen and oxygen atoms in total. The van der Waals surface area contributed by atoms with Crippen molar-refractivity contribution in [2.75, 3.05) is 19.8 Å². The number of phosphoric ester groups is 1. The smallest absolute Gasteiger partial charge is 0.472 e. The molecule has 3 unspecified atom stereocenters.